The molecule has 0 radical (unpaired) electrons. The Morgan fingerprint density at radius 2 is 0.806 bits per heavy atom. The van der Waals surface area contributed by atoms with E-state index in [1.807, 2.05) is 121 Å². The Labute approximate surface area is 355 Å². The van der Waals surface area contributed by atoms with Crippen LogP contribution in [-0.4, -0.2) is 43.3 Å². The third-order valence-electron chi connectivity index (χ3n) is 11.0. The highest BCUT2D eigenvalue weighted by Gasteiger charge is 2.19. The van der Waals surface area contributed by atoms with Crippen molar-refractivity contribution in [3.05, 3.63) is 183 Å². The van der Waals surface area contributed by atoms with Gasteiger partial charge in [0.15, 0.2) is 23.1 Å². The summed E-state index contributed by atoms with van der Waals surface area (Å²) in [4.78, 5) is 19.0. The number of nitrogens with zero attached hydrogens (tertiary/aromatic N) is 6. The third-order valence-corrected chi connectivity index (χ3v) is 11.0. The Bertz CT molecular complexity index is 3240. The highest BCUT2D eigenvalue weighted by Crippen LogP contribution is 2.39. The molecular formula is C52H36N6O4. The summed E-state index contributed by atoms with van der Waals surface area (Å²) in [6.07, 6.45) is 7.12. The van der Waals surface area contributed by atoms with Crippen LogP contribution in [0, 0.1) is 0 Å². The van der Waals surface area contributed by atoms with Crippen LogP contribution in [0.25, 0.3) is 77.8 Å². The zero-order valence-corrected chi connectivity index (χ0v) is 33.6. The summed E-state index contributed by atoms with van der Waals surface area (Å²) >= 11 is 0. The predicted molar refractivity (Wildman–Crippen MR) is 243 cm³/mol. The fraction of sp³-hybridized carbons (Fsp3) is 0.0385. The van der Waals surface area contributed by atoms with Crippen molar-refractivity contribution in [3.63, 3.8) is 0 Å². The molecule has 62 heavy (non-hydrogen) atoms. The summed E-state index contributed by atoms with van der Waals surface area (Å²) in [7, 11) is 3.32. The monoisotopic (exact) mass is 808 g/mol. The van der Waals surface area contributed by atoms with Crippen molar-refractivity contribution >= 4 is 43.6 Å². The molecular weight excluding hydrogens is 773 g/mol. The minimum atomic E-state index is 0.674. The molecule has 0 saturated heterocycles. The van der Waals surface area contributed by atoms with E-state index < -0.39 is 0 Å². The number of methoxy groups -OCH3 is 2. The van der Waals surface area contributed by atoms with E-state index in [2.05, 4.69) is 45.5 Å². The first-order valence-corrected chi connectivity index (χ1v) is 20.1. The number of fused-ring (bicyclic) bond motifs is 6. The summed E-state index contributed by atoms with van der Waals surface area (Å²) < 4.78 is 28.6. The molecule has 5 heterocycles. The lowest BCUT2D eigenvalue weighted by atomic mass is 10.1. The number of benzene rings is 6. The summed E-state index contributed by atoms with van der Waals surface area (Å²) in [6, 6.07) is 52.1. The lowest BCUT2D eigenvalue weighted by Crippen LogP contribution is -2.00. The summed E-state index contributed by atoms with van der Waals surface area (Å²) in [5, 5.41) is 4.41. The molecule has 0 fully saturated rings. The van der Waals surface area contributed by atoms with Crippen LogP contribution in [0.3, 0.4) is 0 Å². The van der Waals surface area contributed by atoms with Crippen LogP contribution >= 0.6 is 0 Å². The Kier molecular flexibility index (Phi) is 9.01. The van der Waals surface area contributed by atoms with Gasteiger partial charge in [0.25, 0.3) is 0 Å². The van der Waals surface area contributed by atoms with Crippen LogP contribution in [0.5, 0.6) is 34.5 Å². The zero-order valence-electron chi connectivity index (χ0n) is 33.6. The molecule has 298 valence electrons. The molecule has 0 atom stereocenters. The molecule has 6 aromatic carbocycles. The minimum absolute atomic E-state index is 0.674. The lowest BCUT2D eigenvalue weighted by molar-refractivity contribution is 0.411. The second-order valence-corrected chi connectivity index (χ2v) is 14.7. The van der Waals surface area contributed by atoms with Gasteiger partial charge in [-0.05, 0) is 84.9 Å². The first-order valence-electron chi connectivity index (χ1n) is 20.1. The summed E-state index contributed by atoms with van der Waals surface area (Å²) in [5.41, 5.74) is 7.17. The van der Waals surface area contributed by atoms with Crippen LogP contribution in [0.4, 0.5) is 0 Å². The molecule has 0 saturated carbocycles. The van der Waals surface area contributed by atoms with Gasteiger partial charge in [-0.2, -0.15) is 0 Å². The maximum atomic E-state index is 6.49. The number of para-hydroxylation sites is 2. The molecule has 11 rings (SSSR count). The summed E-state index contributed by atoms with van der Waals surface area (Å²) in [5.74, 6) is 5.51. The first kappa shape index (κ1) is 36.6. The summed E-state index contributed by atoms with van der Waals surface area (Å²) in [6.45, 7) is 0. The van der Waals surface area contributed by atoms with Gasteiger partial charge in [0.2, 0.25) is 0 Å². The number of hydrogen-bond donors (Lipinski definition) is 0. The molecule has 0 N–H and O–H groups in total. The number of aromatic nitrogens is 6. The van der Waals surface area contributed by atoms with E-state index in [1.54, 1.807) is 39.0 Å². The average molecular weight is 809 g/mol. The van der Waals surface area contributed by atoms with Crippen molar-refractivity contribution in [2.75, 3.05) is 14.2 Å². The second-order valence-electron chi connectivity index (χ2n) is 14.7. The molecule has 10 nitrogen and oxygen atoms in total. The Balaban J connectivity index is 0.855. The molecule has 0 bridgehead atoms. The van der Waals surface area contributed by atoms with Crippen LogP contribution in [0.15, 0.2) is 183 Å². The van der Waals surface area contributed by atoms with Crippen LogP contribution < -0.4 is 18.9 Å². The predicted octanol–water partition coefficient (Wildman–Crippen LogP) is 12.4. The Morgan fingerprint density at radius 1 is 0.371 bits per heavy atom. The number of ether oxygens (including phenoxy) is 4. The van der Waals surface area contributed by atoms with Gasteiger partial charge in [0, 0.05) is 57.2 Å². The molecule has 0 amide bonds. The van der Waals surface area contributed by atoms with Crippen molar-refractivity contribution in [2.24, 2.45) is 0 Å². The number of rotatable bonds is 10. The van der Waals surface area contributed by atoms with Gasteiger partial charge in [-0.15, -0.1) is 0 Å². The van der Waals surface area contributed by atoms with Crippen molar-refractivity contribution in [3.8, 4) is 68.6 Å². The fourth-order valence-electron chi connectivity index (χ4n) is 8.24. The smallest absolute Gasteiger partial charge is 0.180 e. The maximum absolute atomic E-state index is 6.49. The molecule has 0 unspecified atom stereocenters. The molecule has 5 aromatic heterocycles. The van der Waals surface area contributed by atoms with Crippen molar-refractivity contribution in [1.82, 2.24) is 29.1 Å². The van der Waals surface area contributed by atoms with Gasteiger partial charge in [-0.25, -0.2) is 9.97 Å². The van der Waals surface area contributed by atoms with Crippen molar-refractivity contribution < 1.29 is 18.9 Å². The van der Waals surface area contributed by atoms with E-state index in [1.165, 1.54) is 0 Å². The molecule has 0 aliphatic rings. The molecule has 0 aliphatic carbocycles. The van der Waals surface area contributed by atoms with Gasteiger partial charge >= 0.3 is 0 Å². The first-order chi connectivity index (χ1) is 30.6. The third kappa shape index (κ3) is 6.38. The van der Waals surface area contributed by atoms with Crippen LogP contribution in [0.2, 0.25) is 0 Å². The minimum Gasteiger partial charge on any atom is -0.493 e. The number of hydrogen-bond acceptors (Lipinski definition) is 8. The highest BCUT2D eigenvalue weighted by atomic mass is 16.5. The van der Waals surface area contributed by atoms with Crippen LogP contribution in [-0.2, 0) is 0 Å². The topological polar surface area (TPSA) is 98.3 Å². The van der Waals surface area contributed by atoms with Crippen LogP contribution in [0.1, 0.15) is 0 Å². The van der Waals surface area contributed by atoms with E-state index >= 15 is 0 Å². The molecule has 0 spiro atoms. The molecule has 0 aliphatic heterocycles. The zero-order chi connectivity index (χ0) is 41.6. The van der Waals surface area contributed by atoms with E-state index in [-0.39, 0.29) is 0 Å². The lowest BCUT2D eigenvalue weighted by Gasteiger charge is -2.12. The average Bonchev–Trinajstić information content (AvgIpc) is 3.83. The largest absolute Gasteiger partial charge is 0.493 e. The molecule has 11 aromatic rings. The van der Waals surface area contributed by atoms with Gasteiger partial charge in [-0.1, -0.05) is 60.7 Å². The van der Waals surface area contributed by atoms with Gasteiger partial charge in [0.1, 0.15) is 23.0 Å². The Morgan fingerprint density at radius 3 is 1.26 bits per heavy atom. The molecule has 10 heteroatoms. The quantitative estimate of drug-likeness (QED) is 0.135. The highest BCUT2D eigenvalue weighted by molar-refractivity contribution is 6.10. The normalized spacial score (nSPS) is 11.4. The Hall–Kier alpha value is -8.50. The van der Waals surface area contributed by atoms with E-state index in [0.29, 0.717) is 46.1 Å². The van der Waals surface area contributed by atoms with E-state index in [4.69, 9.17) is 38.9 Å². The van der Waals surface area contributed by atoms with Crippen molar-refractivity contribution in [1.29, 1.82) is 0 Å². The van der Waals surface area contributed by atoms with Gasteiger partial charge in [-0.3, -0.25) is 19.1 Å². The fourth-order valence-corrected chi connectivity index (χ4v) is 8.24. The maximum Gasteiger partial charge on any atom is 0.180 e. The van der Waals surface area contributed by atoms with E-state index in [9.17, 15) is 0 Å². The second kappa shape index (κ2) is 15.3. The van der Waals surface area contributed by atoms with E-state index in [0.717, 1.165) is 66.1 Å². The standard InChI is InChI=1S/C52H36N6O4/c1-59-49-19-9-25-53-51(49)57-45-17-5-3-15-39(45)41-23-21-37(29-47(41)57)61-35-13-7-11-33(27-35)43-31-56-44(32-55-43)34-12-8-14-36(28-34)62-38-22-24-42-40-16-4-6-18-46(40)58(48(42)30-38)52-50(60-2)20-10-26-54-52/h3-32H,1-2H3. The van der Waals surface area contributed by atoms with Gasteiger partial charge in [0.05, 0.1) is 60.1 Å². The number of pyridine rings is 2. The van der Waals surface area contributed by atoms with Crippen molar-refractivity contribution in [2.45, 2.75) is 0 Å². The SMILES string of the molecule is COc1cccnc1-n1c2ccccc2c2ccc(Oc3cccc(-c4cnc(-c5cccc(Oc6ccc7c8ccccc8n(-c8ncccc8OC)c7c6)c5)cn4)c3)cc21. The van der Waals surface area contributed by atoms with Gasteiger partial charge < -0.3 is 18.9 Å².